The van der Waals surface area contributed by atoms with Crippen LogP contribution in [0.1, 0.15) is 0 Å². The molecule has 7 nitrogen and oxygen atoms in total. The first kappa shape index (κ1) is 14.3. The van der Waals surface area contributed by atoms with Crippen LogP contribution < -0.4 is 10.1 Å². The summed E-state index contributed by atoms with van der Waals surface area (Å²) in [5.74, 6) is 1.24. The number of benzene rings is 1. The third-order valence-electron chi connectivity index (χ3n) is 4.16. The Balaban J connectivity index is 1.96. The number of rotatable bonds is 4. The molecule has 4 aromatic rings. The molecule has 0 saturated carbocycles. The normalized spacial score (nSPS) is 11.1. The highest BCUT2D eigenvalue weighted by molar-refractivity contribution is 5.94. The number of anilines is 1. The van der Waals surface area contributed by atoms with Gasteiger partial charge in [0.15, 0.2) is 5.75 Å². The van der Waals surface area contributed by atoms with E-state index in [0.29, 0.717) is 12.2 Å². The number of aromatic amines is 1. The number of aryl methyl sites for hydroxylation is 1. The zero-order valence-corrected chi connectivity index (χ0v) is 13.2. The van der Waals surface area contributed by atoms with Crippen molar-refractivity contribution >= 4 is 34.2 Å². The molecule has 4 rings (SSSR count). The van der Waals surface area contributed by atoms with Crippen LogP contribution in [0.2, 0.25) is 0 Å². The first-order chi connectivity index (χ1) is 11.7. The zero-order chi connectivity index (χ0) is 16.7. The van der Waals surface area contributed by atoms with Crippen LogP contribution in [0, 0.1) is 0 Å². The van der Waals surface area contributed by atoms with E-state index in [2.05, 4.69) is 20.3 Å². The molecule has 0 atom stereocenters. The number of hydrogen-bond donors (Lipinski definition) is 2. The third-order valence-corrected chi connectivity index (χ3v) is 4.16. The molecule has 120 valence electrons. The minimum atomic E-state index is 0.518. The summed E-state index contributed by atoms with van der Waals surface area (Å²) in [7, 11) is 3.61. The van der Waals surface area contributed by atoms with Gasteiger partial charge in [0.05, 0.1) is 36.4 Å². The molecule has 2 N–H and O–H groups in total. The van der Waals surface area contributed by atoms with E-state index < -0.39 is 0 Å². The van der Waals surface area contributed by atoms with Crippen molar-refractivity contribution in [2.45, 2.75) is 0 Å². The van der Waals surface area contributed by atoms with Crippen molar-refractivity contribution in [1.29, 1.82) is 0 Å². The van der Waals surface area contributed by atoms with E-state index in [9.17, 15) is 4.79 Å². The molecule has 0 bridgehead atoms. The Labute approximate surface area is 137 Å². The average molecular weight is 321 g/mol. The number of nitrogens with zero attached hydrogens (tertiary/aromatic N) is 3. The second-order valence-electron chi connectivity index (χ2n) is 5.42. The van der Waals surface area contributed by atoms with Crippen molar-refractivity contribution < 1.29 is 9.53 Å². The quantitative estimate of drug-likeness (QED) is 0.566. The van der Waals surface area contributed by atoms with Gasteiger partial charge in [0.25, 0.3) is 0 Å². The predicted octanol–water partition coefficient (Wildman–Crippen LogP) is 2.69. The number of carbonyl (C=O) groups is 1. The van der Waals surface area contributed by atoms with Gasteiger partial charge < -0.3 is 19.6 Å². The largest absolute Gasteiger partial charge is 0.494 e. The van der Waals surface area contributed by atoms with Gasteiger partial charge in [-0.15, -0.1) is 0 Å². The summed E-state index contributed by atoms with van der Waals surface area (Å²) in [5, 5.41) is 3.55. The highest BCUT2D eigenvalue weighted by Crippen LogP contribution is 2.37. The maximum atomic E-state index is 10.6. The zero-order valence-electron chi connectivity index (χ0n) is 13.2. The van der Waals surface area contributed by atoms with Crippen molar-refractivity contribution in [2.24, 2.45) is 7.05 Å². The van der Waals surface area contributed by atoms with Gasteiger partial charge in [0.1, 0.15) is 11.3 Å². The molecule has 1 aromatic carbocycles. The molecule has 0 aliphatic carbocycles. The number of H-pyrrole nitrogens is 1. The molecular formula is C17H15N5O2. The molecule has 0 radical (unpaired) electrons. The number of aromatic nitrogens is 4. The molecular weight excluding hydrogens is 306 g/mol. The van der Waals surface area contributed by atoms with Gasteiger partial charge in [-0.1, -0.05) is 0 Å². The molecule has 7 heteroatoms. The van der Waals surface area contributed by atoms with E-state index in [1.165, 1.54) is 0 Å². The minimum absolute atomic E-state index is 0.518. The summed E-state index contributed by atoms with van der Waals surface area (Å²) in [6.45, 7) is 0. The Morgan fingerprint density at radius 2 is 2.17 bits per heavy atom. The van der Waals surface area contributed by atoms with Crippen LogP contribution >= 0.6 is 0 Å². The van der Waals surface area contributed by atoms with E-state index in [-0.39, 0.29) is 0 Å². The van der Waals surface area contributed by atoms with Gasteiger partial charge in [-0.3, -0.25) is 4.79 Å². The van der Waals surface area contributed by atoms with E-state index in [4.69, 9.17) is 4.74 Å². The van der Waals surface area contributed by atoms with Crippen LogP contribution in [0.25, 0.3) is 33.2 Å². The highest BCUT2D eigenvalue weighted by Gasteiger charge is 2.16. The summed E-state index contributed by atoms with van der Waals surface area (Å²) in [6, 6.07) is 7.87. The number of methoxy groups -OCH3 is 1. The Hall–Kier alpha value is -3.35. The van der Waals surface area contributed by atoms with Gasteiger partial charge in [-0.25, -0.2) is 9.97 Å². The van der Waals surface area contributed by atoms with E-state index in [0.717, 1.165) is 38.9 Å². The summed E-state index contributed by atoms with van der Waals surface area (Å²) in [4.78, 5) is 22.3. The standard InChI is InChI=1S/C17H15N5O2/c1-22-13(5-10-6-15(21-9-23)18-7-14(10)22)11-3-4-12-16(17(11)24-2)20-8-19-12/h3-9H,1-2H3,(H,19,20)(H,18,21,23). The fraction of sp³-hybridized carbons (Fsp3) is 0.118. The molecule has 0 saturated heterocycles. The summed E-state index contributed by atoms with van der Waals surface area (Å²) < 4.78 is 7.66. The van der Waals surface area contributed by atoms with E-state index in [1.54, 1.807) is 19.6 Å². The molecule has 0 spiro atoms. The number of fused-ring (bicyclic) bond motifs is 2. The number of ether oxygens (including phenoxy) is 1. The molecule has 3 heterocycles. The second kappa shape index (κ2) is 5.38. The first-order valence-electron chi connectivity index (χ1n) is 7.39. The minimum Gasteiger partial charge on any atom is -0.494 e. The maximum absolute atomic E-state index is 10.6. The molecule has 0 aliphatic heterocycles. The molecule has 0 unspecified atom stereocenters. The predicted molar refractivity (Wildman–Crippen MR) is 92.0 cm³/mol. The third kappa shape index (κ3) is 2.02. The number of amides is 1. The van der Waals surface area contributed by atoms with Crippen LogP contribution in [0.15, 0.2) is 36.8 Å². The topological polar surface area (TPSA) is 84.8 Å². The number of pyridine rings is 1. The number of nitrogens with one attached hydrogen (secondary N) is 2. The van der Waals surface area contributed by atoms with Gasteiger partial charge in [0.2, 0.25) is 6.41 Å². The lowest BCUT2D eigenvalue weighted by Crippen LogP contribution is -1.97. The smallest absolute Gasteiger partial charge is 0.212 e. The lowest BCUT2D eigenvalue weighted by molar-refractivity contribution is -0.105. The summed E-state index contributed by atoms with van der Waals surface area (Å²) >= 11 is 0. The van der Waals surface area contributed by atoms with Gasteiger partial charge in [-0.2, -0.15) is 0 Å². The van der Waals surface area contributed by atoms with Crippen LogP contribution in [0.3, 0.4) is 0 Å². The molecule has 24 heavy (non-hydrogen) atoms. The Morgan fingerprint density at radius 3 is 2.96 bits per heavy atom. The monoisotopic (exact) mass is 321 g/mol. The fourth-order valence-electron chi connectivity index (χ4n) is 3.02. The fourth-order valence-corrected chi connectivity index (χ4v) is 3.02. The van der Waals surface area contributed by atoms with Crippen LogP contribution in [0.5, 0.6) is 5.75 Å². The number of hydrogen-bond acceptors (Lipinski definition) is 4. The Kier molecular flexibility index (Phi) is 3.19. The Morgan fingerprint density at radius 1 is 1.29 bits per heavy atom. The van der Waals surface area contributed by atoms with Crippen molar-refractivity contribution in [1.82, 2.24) is 19.5 Å². The second-order valence-corrected chi connectivity index (χ2v) is 5.42. The average Bonchev–Trinajstić information content (AvgIpc) is 3.19. The highest BCUT2D eigenvalue weighted by atomic mass is 16.5. The van der Waals surface area contributed by atoms with E-state index >= 15 is 0 Å². The summed E-state index contributed by atoms with van der Waals surface area (Å²) in [5.41, 5.74) is 4.61. The van der Waals surface area contributed by atoms with Crippen LogP contribution in [0.4, 0.5) is 5.82 Å². The van der Waals surface area contributed by atoms with Gasteiger partial charge >= 0.3 is 0 Å². The Bertz CT molecular complexity index is 1060. The van der Waals surface area contributed by atoms with Crippen molar-refractivity contribution in [3.63, 3.8) is 0 Å². The maximum Gasteiger partial charge on any atom is 0.212 e. The molecule has 0 aliphatic rings. The lowest BCUT2D eigenvalue weighted by Gasteiger charge is -2.10. The lowest BCUT2D eigenvalue weighted by atomic mass is 10.1. The van der Waals surface area contributed by atoms with Crippen LogP contribution in [-0.2, 0) is 11.8 Å². The molecule has 3 aromatic heterocycles. The molecule has 0 fully saturated rings. The molecule has 1 amide bonds. The number of carbonyl (C=O) groups excluding carboxylic acids is 1. The SMILES string of the molecule is COc1c(-c2cc3cc(NC=O)ncc3n2C)ccc2[nH]cnc12. The summed E-state index contributed by atoms with van der Waals surface area (Å²) in [6.07, 6.45) is 4.01. The van der Waals surface area contributed by atoms with Crippen molar-refractivity contribution in [2.75, 3.05) is 12.4 Å². The van der Waals surface area contributed by atoms with Crippen LogP contribution in [-0.4, -0.2) is 33.0 Å². The van der Waals surface area contributed by atoms with E-state index in [1.807, 2.05) is 35.9 Å². The van der Waals surface area contributed by atoms with Crippen molar-refractivity contribution in [3.05, 3.63) is 36.8 Å². The first-order valence-corrected chi connectivity index (χ1v) is 7.39. The van der Waals surface area contributed by atoms with Gasteiger partial charge in [0, 0.05) is 18.0 Å². The van der Waals surface area contributed by atoms with Crippen molar-refractivity contribution in [3.8, 4) is 17.0 Å². The number of imidazole rings is 1. The van der Waals surface area contributed by atoms with Gasteiger partial charge in [-0.05, 0) is 24.3 Å².